The van der Waals surface area contributed by atoms with E-state index in [-0.39, 0.29) is 34.8 Å². The Kier molecular flexibility index (Phi) is 4.02. The molecule has 0 saturated carbocycles. The fourth-order valence-electron chi connectivity index (χ4n) is 3.24. The molecule has 0 aliphatic carbocycles. The van der Waals surface area contributed by atoms with Gasteiger partial charge in [0, 0.05) is 30.6 Å². The molecule has 2 atom stereocenters. The van der Waals surface area contributed by atoms with Crippen LogP contribution < -0.4 is 5.32 Å². The fraction of sp³-hybridized carbons (Fsp3) is 0.750. The molecule has 0 aromatic carbocycles. The van der Waals surface area contributed by atoms with Gasteiger partial charge in [-0.2, -0.15) is 0 Å². The predicted octanol–water partition coefficient (Wildman–Crippen LogP) is 1.05. The Morgan fingerprint density at radius 3 is 2.70 bits per heavy atom. The average Bonchev–Trinajstić information content (AvgIpc) is 3.01. The first kappa shape index (κ1) is 16.5. The van der Waals surface area contributed by atoms with Crippen molar-refractivity contribution in [1.82, 2.24) is 14.9 Å². The normalized spacial score (nSPS) is 26.7. The second kappa shape index (κ2) is 5.61. The van der Waals surface area contributed by atoms with Crippen molar-refractivity contribution in [2.45, 2.75) is 58.0 Å². The zero-order valence-electron chi connectivity index (χ0n) is 14.0. The van der Waals surface area contributed by atoms with Crippen LogP contribution in [0.25, 0.3) is 0 Å². The third kappa shape index (κ3) is 3.59. The fourth-order valence-corrected chi connectivity index (χ4v) is 4.99. The molecule has 0 spiro atoms. The lowest BCUT2D eigenvalue weighted by Crippen LogP contribution is -2.43. The van der Waals surface area contributed by atoms with Gasteiger partial charge in [0.15, 0.2) is 9.84 Å². The van der Waals surface area contributed by atoms with E-state index in [1.165, 1.54) is 0 Å². The molecule has 1 aromatic heterocycles. The van der Waals surface area contributed by atoms with Gasteiger partial charge >= 0.3 is 0 Å². The molecular formula is C16H25N3O3S. The minimum atomic E-state index is -3.02. The number of amides is 1. The highest BCUT2D eigenvalue weighted by atomic mass is 32.2. The Morgan fingerprint density at radius 1 is 1.35 bits per heavy atom. The van der Waals surface area contributed by atoms with Gasteiger partial charge in [0.25, 0.3) is 0 Å². The maximum absolute atomic E-state index is 12.3. The number of carbonyl (C=O) groups excluding carboxylic acids is 1. The van der Waals surface area contributed by atoms with Gasteiger partial charge in [-0.15, -0.1) is 0 Å². The Bertz CT molecular complexity index is 715. The highest BCUT2D eigenvalue weighted by molar-refractivity contribution is 7.91. The number of sulfone groups is 1. The van der Waals surface area contributed by atoms with Crippen molar-refractivity contribution in [2.75, 3.05) is 11.5 Å². The van der Waals surface area contributed by atoms with Crippen LogP contribution in [0.5, 0.6) is 0 Å². The van der Waals surface area contributed by atoms with Crippen LogP contribution in [0.15, 0.2) is 6.20 Å². The summed E-state index contributed by atoms with van der Waals surface area (Å²) in [4.78, 5) is 17.0. The van der Waals surface area contributed by atoms with Crippen molar-refractivity contribution in [3.05, 3.63) is 17.7 Å². The van der Waals surface area contributed by atoms with Crippen molar-refractivity contribution in [3.63, 3.8) is 0 Å². The number of aromatic nitrogens is 2. The van der Waals surface area contributed by atoms with E-state index in [0.717, 1.165) is 24.4 Å². The highest BCUT2D eigenvalue weighted by Crippen LogP contribution is 2.25. The van der Waals surface area contributed by atoms with E-state index >= 15 is 0 Å². The van der Waals surface area contributed by atoms with Gasteiger partial charge < -0.3 is 9.88 Å². The first-order chi connectivity index (χ1) is 10.6. The molecule has 2 aliphatic rings. The Balaban J connectivity index is 1.64. The summed E-state index contributed by atoms with van der Waals surface area (Å²) in [6, 6.07) is 0.0559. The second-order valence-electron chi connectivity index (χ2n) is 7.79. The Morgan fingerprint density at radius 2 is 2.09 bits per heavy atom. The zero-order chi connectivity index (χ0) is 16.8. The third-order valence-electron chi connectivity index (χ3n) is 4.71. The van der Waals surface area contributed by atoms with E-state index in [0.29, 0.717) is 13.0 Å². The number of hydrogen-bond donors (Lipinski definition) is 1. The van der Waals surface area contributed by atoms with Crippen LogP contribution in [0.3, 0.4) is 0 Å². The smallest absolute Gasteiger partial charge is 0.224 e. The SMILES string of the molecule is CC(C)(C)c1cn2c(n1)CCC(NC(=O)C1CCS(=O)(=O)C1)C2. The molecule has 0 radical (unpaired) electrons. The average molecular weight is 339 g/mol. The lowest BCUT2D eigenvalue weighted by molar-refractivity contribution is -0.125. The number of imidazole rings is 1. The topological polar surface area (TPSA) is 81.1 Å². The lowest BCUT2D eigenvalue weighted by atomic mass is 9.93. The minimum absolute atomic E-state index is 0.00392. The van der Waals surface area contributed by atoms with E-state index in [2.05, 4.69) is 36.9 Å². The summed E-state index contributed by atoms with van der Waals surface area (Å²) in [5.41, 5.74) is 1.09. The third-order valence-corrected chi connectivity index (χ3v) is 6.48. The number of nitrogens with one attached hydrogen (secondary N) is 1. The maximum Gasteiger partial charge on any atom is 0.224 e. The van der Waals surface area contributed by atoms with Crippen molar-refractivity contribution < 1.29 is 13.2 Å². The molecule has 0 bridgehead atoms. The molecule has 3 rings (SSSR count). The summed E-state index contributed by atoms with van der Waals surface area (Å²) in [6.07, 6.45) is 4.22. The molecule has 1 saturated heterocycles. The van der Waals surface area contributed by atoms with Crippen LogP contribution in [-0.2, 0) is 33.0 Å². The standard InChI is InChI=1S/C16H25N3O3S/c1-16(2,3)13-9-19-8-12(4-5-14(19)18-13)17-15(20)11-6-7-23(21,22)10-11/h9,11-12H,4-8,10H2,1-3H3,(H,17,20). The van der Waals surface area contributed by atoms with Gasteiger partial charge in [0.05, 0.1) is 23.1 Å². The van der Waals surface area contributed by atoms with E-state index in [9.17, 15) is 13.2 Å². The molecule has 7 heteroatoms. The van der Waals surface area contributed by atoms with E-state index in [1.54, 1.807) is 0 Å². The van der Waals surface area contributed by atoms with Crippen LogP contribution in [0.4, 0.5) is 0 Å². The maximum atomic E-state index is 12.3. The minimum Gasteiger partial charge on any atom is -0.351 e. The van der Waals surface area contributed by atoms with Gasteiger partial charge in [0.2, 0.25) is 5.91 Å². The number of rotatable bonds is 2. The summed E-state index contributed by atoms with van der Waals surface area (Å²) in [5, 5.41) is 3.04. The summed E-state index contributed by atoms with van der Waals surface area (Å²) < 4.78 is 25.1. The van der Waals surface area contributed by atoms with Crippen molar-refractivity contribution in [3.8, 4) is 0 Å². The molecule has 23 heavy (non-hydrogen) atoms. The Hall–Kier alpha value is -1.37. The van der Waals surface area contributed by atoms with Crippen molar-refractivity contribution in [2.24, 2.45) is 5.92 Å². The molecular weight excluding hydrogens is 314 g/mol. The largest absolute Gasteiger partial charge is 0.351 e. The van der Waals surface area contributed by atoms with Crippen LogP contribution in [0.1, 0.15) is 45.1 Å². The molecule has 6 nitrogen and oxygen atoms in total. The molecule has 2 aliphatic heterocycles. The number of nitrogens with zero attached hydrogens (tertiary/aromatic N) is 2. The zero-order valence-corrected chi connectivity index (χ0v) is 14.8. The summed E-state index contributed by atoms with van der Waals surface area (Å²) >= 11 is 0. The molecule has 1 amide bonds. The number of aryl methyl sites for hydroxylation is 1. The molecule has 2 unspecified atom stereocenters. The van der Waals surface area contributed by atoms with Gasteiger partial charge in [-0.1, -0.05) is 20.8 Å². The van der Waals surface area contributed by atoms with Crippen molar-refractivity contribution >= 4 is 15.7 Å². The predicted molar refractivity (Wildman–Crippen MR) is 87.9 cm³/mol. The summed E-state index contributed by atoms with van der Waals surface area (Å²) in [6.45, 7) is 7.13. The van der Waals surface area contributed by atoms with Gasteiger partial charge in [-0.05, 0) is 12.8 Å². The van der Waals surface area contributed by atoms with E-state index in [4.69, 9.17) is 4.98 Å². The lowest BCUT2D eigenvalue weighted by Gasteiger charge is -2.25. The molecule has 1 fully saturated rings. The van der Waals surface area contributed by atoms with E-state index in [1.807, 2.05) is 0 Å². The quantitative estimate of drug-likeness (QED) is 0.873. The molecule has 128 valence electrons. The van der Waals surface area contributed by atoms with Gasteiger partial charge in [0.1, 0.15) is 5.82 Å². The molecule has 3 heterocycles. The van der Waals surface area contributed by atoms with Crippen LogP contribution >= 0.6 is 0 Å². The molecule has 1 N–H and O–H groups in total. The first-order valence-corrected chi connectivity index (χ1v) is 10.0. The van der Waals surface area contributed by atoms with Crippen LogP contribution in [-0.4, -0.2) is 41.4 Å². The summed E-state index contributed by atoms with van der Waals surface area (Å²) in [7, 11) is -3.02. The number of fused-ring (bicyclic) bond motifs is 1. The van der Waals surface area contributed by atoms with Crippen molar-refractivity contribution in [1.29, 1.82) is 0 Å². The highest BCUT2D eigenvalue weighted by Gasteiger charge is 2.34. The van der Waals surface area contributed by atoms with Gasteiger partial charge in [-0.25, -0.2) is 13.4 Å². The summed E-state index contributed by atoms with van der Waals surface area (Å²) in [5.74, 6) is 0.709. The van der Waals surface area contributed by atoms with Crippen LogP contribution in [0, 0.1) is 5.92 Å². The monoisotopic (exact) mass is 339 g/mol. The number of carbonyl (C=O) groups is 1. The number of hydrogen-bond acceptors (Lipinski definition) is 4. The molecule has 1 aromatic rings. The van der Waals surface area contributed by atoms with Gasteiger partial charge in [-0.3, -0.25) is 4.79 Å². The van der Waals surface area contributed by atoms with Crippen LogP contribution in [0.2, 0.25) is 0 Å². The first-order valence-electron chi connectivity index (χ1n) is 8.21. The second-order valence-corrected chi connectivity index (χ2v) is 10.0. The van der Waals surface area contributed by atoms with E-state index < -0.39 is 9.84 Å². The Labute approximate surface area is 137 Å².